The Balaban J connectivity index is 1.95. The molecule has 0 radical (unpaired) electrons. The number of para-hydroxylation sites is 1. The summed E-state index contributed by atoms with van der Waals surface area (Å²) in [6, 6.07) is 17.3. The molecule has 4 nitrogen and oxygen atoms in total. The Kier molecular flexibility index (Phi) is 2.78. The lowest BCUT2D eigenvalue weighted by atomic mass is 9.62. The van der Waals surface area contributed by atoms with E-state index in [0.29, 0.717) is 12.3 Å². The number of nitrogens with zero attached hydrogens (tertiary/aromatic N) is 1. The molecule has 1 saturated heterocycles. The number of rotatable bonds is 1. The molecule has 2 aliphatic rings. The Morgan fingerprint density at radius 3 is 2.35 bits per heavy atom. The van der Waals surface area contributed by atoms with E-state index >= 15 is 0 Å². The molecule has 0 saturated carbocycles. The van der Waals surface area contributed by atoms with Gasteiger partial charge in [0.2, 0.25) is 5.91 Å². The van der Waals surface area contributed by atoms with E-state index in [0.717, 1.165) is 11.1 Å². The van der Waals surface area contributed by atoms with Crippen LogP contribution in [-0.2, 0) is 25.3 Å². The molecule has 0 N–H and O–H groups in total. The minimum atomic E-state index is -1.11. The van der Waals surface area contributed by atoms with Gasteiger partial charge in [0, 0.05) is 12.5 Å². The third kappa shape index (κ3) is 1.54. The van der Waals surface area contributed by atoms with Crippen molar-refractivity contribution in [2.45, 2.75) is 24.9 Å². The van der Waals surface area contributed by atoms with E-state index in [9.17, 15) is 9.59 Å². The summed E-state index contributed by atoms with van der Waals surface area (Å²) in [6.45, 7) is 3.89. The van der Waals surface area contributed by atoms with Crippen molar-refractivity contribution in [3.8, 4) is 0 Å². The standard InChI is InChI=1S/C19H17NO3/c1-13(21)20-16-11-7-6-10-15(16)19(17(20)22)18(2,12-23-19)14-8-4-3-5-9-14/h3-11H,12H2,1-2H3/t18-,19+/m0/s1. The Bertz CT molecular complexity index is 816. The number of carbonyl (C=O) groups is 2. The van der Waals surface area contributed by atoms with Crippen molar-refractivity contribution >= 4 is 17.5 Å². The molecule has 4 rings (SSSR count). The quantitative estimate of drug-likeness (QED) is 0.814. The van der Waals surface area contributed by atoms with Gasteiger partial charge in [-0.05, 0) is 18.6 Å². The number of benzene rings is 2. The van der Waals surface area contributed by atoms with E-state index in [1.54, 1.807) is 6.07 Å². The smallest absolute Gasteiger partial charge is 0.271 e. The summed E-state index contributed by atoms with van der Waals surface area (Å²) in [6.07, 6.45) is 0. The van der Waals surface area contributed by atoms with Gasteiger partial charge in [0.15, 0.2) is 5.60 Å². The molecule has 1 spiro atoms. The van der Waals surface area contributed by atoms with Crippen LogP contribution in [-0.4, -0.2) is 18.4 Å². The SMILES string of the molecule is CC(=O)N1C(=O)[C@]2(OC[C@@]2(C)c2ccccc2)c2ccccc21. The largest absolute Gasteiger partial charge is 0.358 e. The fourth-order valence-electron chi connectivity index (χ4n) is 3.86. The second-order valence-electron chi connectivity index (χ2n) is 6.34. The summed E-state index contributed by atoms with van der Waals surface area (Å²) in [5.41, 5.74) is 0.840. The molecule has 2 atom stereocenters. The van der Waals surface area contributed by atoms with Gasteiger partial charge in [0.1, 0.15) is 0 Å². The highest BCUT2D eigenvalue weighted by molar-refractivity contribution is 6.22. The van der Waals surface area contributed by atoms with Crippen LogP contribution < -0.4 is 4.90 Å². The van der Waals surface area contributed by atoms with Crippen LogP contribution >= 0.6 is 0 Å². The number of fused-ring (bicyclic) bond motifs is 2. The minimum Gasteiger partial charge on any atom is -0.358 e. The maximum atomic E-state index is 13.2. The normalized spacial score (nSPS) is 28.6. The van der Waals surface area contributed by atoms with E-state index in [2.05, 4.69) is 0 Å². The van der Waals surface area contributed by atoms with E-state index in [-0.39, 0.29) is 11.8 Å². The van der Waals surface area contributed by atoms with Gasteiger partial charge in [-0.1, -0.05) is 48.5 Å². The summed E-state index contributed by atoms with van der Waals surface area (Å²) in [7, 11) is 0. The summed E-state index contributed by atoms with van der Waals surface area (Å²) in [5, 5.41) is 0. The highest BCUT2D eigenvalue weighted by Gasteiger charge is 2.70. The van der Waals surface area contributed by atoms with Crippen molar-refractivity contribution in [2.75, 3.05) is 11.5 Å². The van der Waals surface area contributed by atoms with Gasteiger partial charge in [-0.15, -0.1) is 0 Å². The molecule has 0 aromatic heterocycles. The molecule has 2 amide bonds. The van der Waals surface area contributed by atoms with Crippen molar-refractivity contribution < 1.29 is 14.3 Å². The van der Waals surface area contributed by atoms with Gasteiger partial charge in [-0.25, -0.2) is 4.90 Å². The monoisotopic (exact) mass is 307 g/mol. The third-order valence-electron chi connectivity index (χ3n) is 5.11. The van der Waals surface area contributed by atoms with Crippen LogP contribution in [0.4, 0.5) is 5.69 Å². The van der Waals surface area contributed by atoms with E-state index in [4.69, 9.17) is 4.74 Å². The average molecular weight is 307 g/mol. The molecular formula is C19H17NO3. The third-order valence-corrected chi connectivity index (χ3v) is 5.11. The molecule has 0 bridgehead atoms. The molecule has 2 heterocycles. The molecule has 2 aromatic carbocycles. The van der Waals surface area contributed by atoms with Gasteiger partial charge in [-0.2, -0.15) is 0 Å². The summed E-state index contributed by atoms with van der Waals surface area (Å²) >= 11 is 0. The lowest BCUT2D eigenvalue weighted by Crippen LogP contribution is -2.66. The van der Waals surface area contributed by atoms with Crippen LogP contribution in [0, 0.1) is 0 Å². The maximum Gasteiger partial charge on any atom is 0.271 e. The zero-order chi connectivity index (χ0) is 16.2. The summed E-state index contributed by atoms with van der Waals surface area (Å²) in [4.78, 5) is 26.5. The van der Waals surface area contributed by atoms with Crippen LogP contribution in [0.1, 0.15) is 25.0 Å². The first-order valence-corrected chi connectivity index (χ1v) is 7.66. The number of imide groups is 1. The topological polar surface area (TPSA) is 46.6 Å². The predicted molar refractivity (Wildman–Crippen MR) is 86.0 cm³/mol. The molecule has 23 heavy (non-hydrogen) atoms. The lowest BCUT2D eigenvalue weighted by Gasteiger charge is -2.54. The van der Waals surface area contributed by atoms with Crippen molar-refractivity contribution in [2.24, 2.45) is 0 Å². The minimum absolute atomic E-state index is 0.287. The second-order valence-corrected chi connectivity index (χ2v) is 6.34. The first kappa shape index (κ1) is 14.2. The molecule has 4 heteroatoms. The van der Waals surface area contributed by atoms with Crippen LogP contribution in [0.25, 0.3) is 0 Å². The highest BCUT2D eigenvalue weighted by Crippen LogP contribution is 2.59. The number of amides is 2. The van der Waals surface area contributed by atoms with Gasteiger partial charge in [0.25, 0.3) is 5.91 Å². The number of anilines is 1. The predicted octanol–water partition coefficient (Wildman–Crippen LogP) is 2.76. The number of hydrogen-bond acceptors (Lipinski definition) is 3. The Morgan fingerprint density at radius 1 is 1.09 bits per heavy atom. The Morgan fingerprint density at radius 2 is 1.74 bits per heavy atom. The molecule has 116 valence electrons. The fraction of sp³-hybridized carbons (Fsp3) is 0.263. The number of carbonyl (C=O) groups excluding carboxylic acids is 2. The van der Waals surface area contributed by atoms with Crippen molar-refractivity contribution in [1.82, 2.24) is 0 Å². The van der Waals surface area contributed by atoms with Crippen LogP contribution in [0.15, 0.2) is 54.6 Å². The molecule has 2 aliphatic heterocycles. The Labute approximate surface area is 134 Å². The van der Waals surface area contributed by atoms with Gasteiger partial charge >= 0.3 is 0 Å². The van der Waals surface area contributed by atoms with E-state index in [1.165, 1.54) is 11.8 Å². The first-order valence-electron chi connectivity index (χ1n) is 7.66. The number of hydrogen-bond donors (Lipinski definition) is 0. The Hall–Kier alpha value is -2.46. The summed E-state index contributed by atoms with van der Waals surface area (Å²) in [5.74, 6) is -0.575. The lowest BCUT2D eigenvalue weighted by molar-refractivity contribution is -0.218. The maximum absolute atomic E-state index is 13.2. The molecule has 1 fully saturated rings. The average Bonchev–Trinajstić information content (AvgIpc) is 2.84. The molecular weight excluding hydrogens is 290 g/mol. The fourth-order valence-corrected chi connectivity index (χ4v) is 3.86. The molecule has 0 unspecified atom stereocenters. The van der Waals surface area contributed by atoms with Crippen LogP contribution in [0.3, 0.4) is 0 Å². The van der Waals surface area contributed by atoms with Crippen molar-refractivity contribution in [1.29, 1.82) is 0 Å². The first-order chi connectivity index (χ1) is 11.0. The van der Waals surface area contributed by atoms with Gasteiger partial charge in [0.05, 0.1) is 17.7 Å². The molecule has 2 aromatic rings. The molecule has 0 aliphatic carbocycles. The zero-order valence-electron chi connectivity index (χ0n) is 13.1. The van der Waals surface area contributed by atoms with Crippen molar-refractivity contribution in [3.05, 3.63) is 65.7 Å². The number of ether oxygens (including phenoxy) is 1. The van der Waals surface area contributed by atoms with Crippen LogP contribution in [0.5, 0.6) is 0 Å². The van der Waals surface area contributed by atoms with Gasteiger partial charge in [-0.3, -0.25) is 9.59 Å². The zero-order valence-corrected chi connectivity index (χ0v) is 13.1. The van der Waals surface area contributed by atoms with Crippen LogP contribution in [0.2, 0.25) is 0 Å². The van der Waals surface area contributed by atoms with E-state index < -0.39 is 11.0 Å². The highest BCUT2D eigenvalue weighted by atomic mass is 16.5. The second kappa shape index (κ2) is 4.52. The van der Waals surface area contributed by atoms with E-state index in [1.807, 2.05) is 55.5 Å². The summed E-state index contributed by atoms with van der Waals surface area (Å²) < 4.78 is 5.92. The van der Waals surface area contributed by atoms with Crippen molar-refractivity contribution in [3.63, 3.8) is 0 Å². The van der Waals surface area contributed by atoms with Gasteiger partial charge < -0.3 is 4.74 Å².